The molecule has 0 aromatic heterocycles. The lowest BCUT2D eigenvalue weighted by atomic mass is 9.97. The molecule has 0 aliphatic carbocycles. The van der Waals surface area contributed by atoms with Gasteiger partial charge in [-0.15, -0.1) is 0 Å². The SMILES string of the molecule is O=C(Cc1ccc(CCCC2CCNC2)cc1Cl)c1ccc(Cl)cc1Br. The normalized spacial score (nSPS) is 16.8. The summed E-state index contributed by atoms with van der Waals surface area (Å²) in [5.41, 5.74) is 2.73. The van der Waals surface area contributed by atoms with Crippen molar-refractivity contribution in [3.63, 3.8) is 0 Å². The number of Topliss-reactive ketones (excluding diaryl/α,β-unsaturated/α-hetero) is 1. The molecule has 0 radical (unpaired) electrons. The van der Waals surface area contributed by atoms with Gasteiger partial charge in [0, 0.05) is 26.5 Å². The van der Waals surface area contributed by atoms with Crippen LogP contribution >= 0.6 is 39.1 Å². The maximum absolute atomic E-state index is 12.6. The molecule has 0 bridgehead atoms. The van der Waals surface area contributed by atoms with Crippen molar-refractivity contribution >= 4 is 44.9 Å². The van der Waals surface area contributed by atoms with Gasteiger partial charge in [-0.05, 0) is 96.0 Å². The minimum Gasteiger partial charge on any atom is -0.316 e. The lowest BCUT2D eigenvalue weighted by molar-refractivity contribution is 0.0992. The van der Waals surface area contributed by atoms with Crippen LogP contribution in [0, 0.1) is 5.92 Å². The lowest BCUT2D eigenvalue weighted by Crippen LogP contribution is -2.09. The number of ketones is 1. The maximum Gasteiger partial charge on any atom is 0.168 e. The Balaban J connectivity index is 1.59. The van der Waals surface area contributed by atoms with Crippen LogP contribution in [-0.4, -0.2) is 18.9 Å². The molecule has 1 aliphatic rings. The first-order valence-corrected chi connectivity index (χ1v) is 10.5. The van der Waals surface area contributed by atoms with Gasteiger partial charge in [-0.2, -0.15) is 0 Å². The van der Waals surface area contributed by atoms with Crippen LogP contribution < -0.4 is 5.32 Å². The Hall–Kier alpha value is -0.870. The fraction of sp³-hybridized carbons (Fsp3) is 0.381. The summed E-state index contributed by atoms with van der Waals surface area (Å²) in [6.45, 7) is 2.31. The summed E-state index contributed by atoms with van der Waals surface area (Å²) < 4.78 is 0.712. The average Bonchev–Trinajstić information content (AvgIpc) is 3.10. The van der Waals surface area contributed by atoms with Crippen molar-refractivity contribution in [3.8, 4) is 0 Å². The van der Waals surface area contributed by atoms with Crippen molar-refractivity contribution in [2.24, 2.45) is 5.92 Å². The Morgan fingerprint density at radius 1 is 1.19 bits per heavy atom. The third-order valence-electron chi connectivity index (χ3n) is 4.94. The van der Waals surface area contributed by atoms with Crippen LogP contribution in [0.4, 0.5) is 0 Å². The number of nitrogens with one attached hydrogen (secondary N) is 1. The molecule has 5 heteroatoms. The molecule has 0 amide bonds. The summed E-state index contributed by atoms with van der Waals surface area (Å²) in [7, 11) is 0. The number of carbonyl (C=O) groups is 1. The number of halogens is 3. The molecule has 0 saturated carbocycles. The molecule has 2 aromatic carbocycles. The van der Waals surface area contributed by atoms with Gasteiger partial charge in [-0.1, -0.05) is 35.3 Å². The van der Waals surface area contributed by atoms with Gasteiger partial charge in [-0.25, -0.2) is 0 Å². The first-order chi connectivity index (χ1) is 12.5. The molecule has 1 heterocycles. The highest BCUT2D eigenvalue weighted by Crippen LogP contribution is 2.26. The summed E-state index contributed by atoms with van der Waals surface area (Å²) in [5, 5.41) is 4.68. The molecule has 1 N–H and O–H groups in total. The Kier molecular flexibility index (Phi) is 7.16. The third kappa shape index (κ3) is 5.32. The van der Waals surface area contributed by atoms with Crippen molar-refractivity contribution < 1.29 is 4.79 Å². The zero-order chi connectivity index (χ0) is 18.5. The maximum atomic E-state index is 12.6. The van der Waals surface area contributed by atoms with E-state index >= 15 is 0 Å². The van der Waals surface area contributed by atoms with Crippen LogP contribution in [-0.2, 0) is 12.8 Å². The highest BCUT2D eigenvalue weighted by Gasteiger charge is 2.15. The molecule has 2 aromatic rings. The summed E-state index contributed by atoms with van der Waals surface area (Å²) in [5.74, 6) is 0.845. The van der Waals surface area contributed by atoms with Gasteiger partial charge in [0.1, 0.15) is 0 Å². The van der Waals surface area contributed by atoms with E-state index < -0.39 is 0 Å². The largest absolute Gasteiger partial charge is 0.316 e. The van der Waals surface area contributed by atoms with E-state index in [1.165, 1.54) is 24.8 Å². The Morgan fingerprint density at radius 3 is 2.73 bits per heavy atom. The highest BCUT2D eigenvalue weighted by atomic mass is 79.9. The van der Waals surface area contributed by atoms with E-state index in [2.05, 4.69) is 27.3 Å². The molecule has 1 atom stereocenters. The number of hydrogen-bond donors (Lipinski definition) is 1. The topological polar surface area (TPSA) is 29.1 Å². The van der Waals surface area contributed by atoms with Crippen molar-refractivity contribution in [2.45, 2.75) is 32.1 Å². The second-order valence-corrected chi connectivity index (χ2v) is 8.60. The smallest absolute Gasteiger partial charge is 0.168 e. The van der Waals surface area contributed by atoms with Gasteiger partial charge in [-0.3, -0.25) is 4.79 Å². The summed E-state index contributed by atoms with van der Waals surface area (Å²) in [4.78, 5) is 12.6. The molecule has 1 fully saturated rings. The van der Waals surface area contributed by atoms with Gasteiger partial charge in [0.15, 0.2) is 5.78 Å². The van der Waals surface area contributed by atoms with E-state index in [1.807, 2.05) is 12.1 Å². The van der Waals surface area contributed by atoms with E-state index in [1.54, 1.807) is 18.2 Å². The van der Waals surface area contributed by atoms with E-state index in [0.29, 0.717) is 20.1 Å². The zero-order valence-electron chi connectivity index (χ0n) is 14.5. The Labute approximate surface area is 173 Å². The number of benzene rings is 2. The zero-order valence-corrected chi connectivity index (χ0v) is 17.6. The molecular formula is C21H22BrCl2NO. The van der Waals surface area contributed by atoms with Gasteiger partial charge in [0.05, 0.1) is 0 Å². The summed E-state index contributed by atoms with van der Waals surface area (Å²) in [6, 6.07) is 11.3. The molecule has 2 nitrogen and oxygen atoms in total. The van der Waals surface area contributed by atoms with E-state index in [0.717, 1.165) is 31.0 Å². The molecule has 26 heavy (non-hydrogen) atoms. The number of rotatable bonds is 7. The van der Waals surface area contributed by atoms with Gasteiger partial charge in [0.25, 0.3) is 0 Å². The minimum atomic E-state index is 0.0249. The van der Waals surface area contributed by atoms with Crippen LogP contribution in [0.15, 0.2) is 40.9 Å². The molecule has 1 unspecified atom stereocenters. The van der Waals surface area contributed by atoms with Crippen molar-refractivity contribution in [3.05, 3.63) is 67.6 Å². The molecule has 138 valence electrons. The van der Waals surface area contributed by atoms with Crippen molar-refractivity contribution in [1.82, 2.24) is 5.32 Å². The number of hydrogen-bond acceptors (Lipinski definition) is 2. The van der Waals surface area contributed by atoms with Crippen LogP contribution in [0.1, 0.15) is 40.7 Å². The van der Waals surface area contributed by atoms with Crippen LogP contribution in [0.2, 0.25) is 10.0 Å². The van der Waals surface area contributed by atoms with E-state index in [4.69, 9.17) is 23.2 Å². The van der Waals surface area contributed by atoms with Gasteiger partial charge >= 0.3 is 0 Å². The first-order valence-electron chi connectivity index (χ1n) is 8.99. The van der Waals surface area contributed by atoms with Crippen LogP contribution in [0.25, 0.3) is 0 Å². The predicted octanol–water partition coefficient (Wildman–Crippen LogP) is 6.11. The predicted molar refractivity (Wildman–Crippen MR) is 113 cm³/mol. The Bertz CT molecular complexity index is 788. The molecular weight excluding hydrogens is 433 g/mol. The molecule has 1 aliphatic heterocycles. The van der Waals surface area contributed by atoms with Crippen LogP contribution in [0.5, 0.6) is 0 Å². The molecule has 1 saturated heterocycles. The van der Waals surface area contributed by atoms with E-state index in [9.17, 15) is 4.79 Å². The molecule has 3 rings (SSSR count). The van der Waals surface area contributed by atoms with Gasteiger partial charge in [0.2, 0.25) is 0 Å². The first kappa shape index (κ1) is 19.9. The Morgan fingerprint density at radius 2 is 2.04 bits per heavy atom. The lowest BCUT2D eigenvalue weighted by Gasteiger charge is -2.10. The second kappa shape index (κ2) is 9.36. The minimum absolute atomic E-state index is 0.0249. The quantitative estimate of drug-likeness (QED) is 0.511. The average molecular weight is 455 g/mol. The molecule has 0 spiro atoms. The standard InChI is InChI=1S/C21H22BrCl2NO/c22-19-12-17(23)6-7-18(19)21(26)11-16-5-4-14(10-20(16)24)2-1-3-15-8-9-25-13-15/h4-7,10,12,15,25H,1-3,8-9,11,13H2. The van der Waals surface area contributed by atoms with Crippen molar-refractivity contribution in [1.29, 1.82) is 0 Å². The monoisotopic (exact) mass is 453 g/mol. The number of carbonyl (C=O) groups excluding carboxylic acids is 1. The summed E-state index contributed by atoms with van der Waals surface area (Å²) >= 11 is 15.8. The third-order valence-corrected chi connectivity index (χ3v) is 6.18. The fourth-order valence-electron chi connectivity index (χ4n) is 3.43. The highest BCUT2D eigenvalue weighted by molar-refractivity contribution is 9.10. The fourth-order valence-corrected chi connectivity index (χ4v) is 4.60. The van der Waals surface area contributed by atoms with Crippen LogP contribution in [0.3, 0.4) is 0 Å². The van der Waals surface area contributed by atoms with E-state index in [-0.39, 0.29) is 12.2 Å². The second-order valence-electron chi connectivity index (χ2n) is 6.90. The van der Waals surface area contributed by atoms with Crippen molar-refractivity contribution in [2.75, 3.05) is 13.1 Å². The van der Waals surface area contributed by atoms with Gasteiger partial charge < -0.3 is 5.32 Å². The summed E-state index contributed by atoms with van der Waals surface area (Å²) in [6.07, 6.45) is 5.05. The number of aryl methyl sites for hydroxylation is 1.